The van der Waals surface area contributed by atoms with Gasteiger partial charge in [0.1, 0.15) is 5.60 Å². The van der Waals surface area contributed by atoms with Gasteiger partial charge in [-0.2, -0.15) is 0 Å². The molecule has 0 aliphatic carbocycles. The van der Waals surface area contributed by atoms with Crippen LogP contribution in [0.1, 0.15) is 39.2 Å². The molecule has 2 N–H and O–H groups in total. The number of fused-ring (bicyclic) bond motifs is 1. The number of amides is 2. The molecule has 0 saturated carbocycles. The highest BCUT2D eigenvalue weighted by atomic mass is 16.6. The van der Waals surface area contributed by atoms with E-state index in [0.29, 0.717) is 5.69 Å². The van der Waals surface area contributed by atoms with E-state index in [2.05, 4.69) is 15.4 Å². The number of carbonyl (C=O) groups is 3. The number of alkyl carbamates (subject to hydrolysis) is 1. The van der Waals surface area contributed by atoms with Gasteiger partial charge in [-0.15, -0.1) is 0 Å². The van der Waals surface area contributed by atoms with E-state index in [1.54, 1.807) is 39.0 Å². The fraction of sp³-hybridized carbons (Fsp3) is 0.500. The maximum Gasteiger partial charge on any atom is 0.408 e. The van der Waals surface area contributed by atoms with Crippen molar-refractivity contribution in [1.82, 2.24) is 5.32 Å². The first kappa shape index (κ1) is 21.1. The second-order valence-corrected chi connectivity index (χ2v) is 7.35. The zero-order valence-corrected chi connectivity index (χ0v) is 16.1. The van der Waals surface area contributed by atoms with Gasteiger partial charge in [0.05, 0.1) is 13.5 Å². The topological polar surface area (TPSA) is 137 Å². The lowest BCUT2D eigenvalue weighted by atomic mass is 9.81. The van der Waals surface area contributed by atoms with Crippen LogP contribution in [-0.2, 0) is 24.6 Å². The largest absolute Gasteiger partial charge is 0.469 e. The quantitative estimate of drug-likeness (QED) is 0.428. The van der Waals surface area contributed by atoms with Crippen LogP contribution in [0.25, 0.3) is 0 Å². The third-order valence-electron chi connectivity index (χ3n) is 4.26. The monoisotopic (exact) mass is 393 g/mol. The van der Waals surface area contributed by atoms with Crippen LogP contribution in [-0.4, -0.2) is 41.6 Å². The van der Waals surface area contributed by atoms with Crippen molar-refractivity contribution in [3.63, 3.8) is 0 Å². The van der Waals surface area contributed by atoms with E-state index in [-0.39, 0.29) is 18.4 Å². The number of para-hydroxylation sites is 1. The van der Waals surface area contributed by atoms with Gasteiger partial charge in [-0.25, -0.2) is 4.79 Å². The van der Waals surface area contributed by atoms with Gasteiger partial charge in [0.2, 0.25) is 11.6 Å². The Labute approximate surface area is 161 Å². The van der Waals surface area contributed by atoms with Crippen LogP contribution in [0.2, 0.25) is 0 Å². The average Bonchev–Trinajstić information content (AvgIpc) is 2.85. The summed E-state index contributed by atoms with van der Waals surface area (Å²) in [6.07, 6.45) is -1.60. The number of ether oxygens (including phenoxy) is 2. The van der Waals surface area contributed by atoms with Crippen LogP contribution in [0.5, 0.6) is 0 Å². The summed E-state index contributed by atoms with van der Waals surface area (Å²) in [7, 11) is 1.16. The van der Waals surface area contributed by atoms with Crippen molar-refractivity contribution in [2.45, 2.75) is 50.8 Å². The van der Waals surface area contributed by atoms with Gasteiger partial charge in [-0.3, -0.25) is 25.0 Å². The third-order valence-corrected chi connectivity index (χ3v) is 4.26. The minimum atomic E-state index is -2.03. The summed E-state index contributed by atoms with van der Waals surface area (Å²) in [6, 6.07) is 4.71. The lowest BCUT2D eigenvalue weighted by molar-refractivity contribution is -0.534. The first-order chi connectivity index (χ1) is 13.0. The molecule has 10 nitrogen and oxygen atoms in total. The van der Waals surface area contributed by atoms with E-state index in [4.69, 9.17) is 4.74 Å². The molecule has 0 bridgehead atoms. The Kier molecular flexibility index (Phi) is 5.91. The predicted octanol–water partition coefficient (Wildman–Crippen LogP) is 1.96. The smallest absolute Gasteiger partial charge is 0.408 e. The average molecular weight is 393 g/mol. The summed E-state index contributed by atoms with van der Waals surface area (Å²) >= 11 is 0. The Morgan fingerprint density at radius 1 is 1.32 bits per heavy atom. The van der Waals surface area contributed by atoms with Crippen LogP contribution in [0.3, 0.4) is 0 Å². The van der Waals surface area contributed by atoms with Crippen molar-refractivity contribution in [1.29, 1.82) is 0 Å². The Morgan fingerprint density at radius 2 is 1.96 bits per heavy atom. The molecule has 0 saturated heterocycles. The summed E-state index contributed by atoms with van der Waals surface area (Å²) in [5.41, 5.74) is -2.34. The summed E-state index contributed by atoms with van der Waals surface area (Å²) in [5, 5.41) is 16.9. The molecule has 1 unspecified atom stereocenters. The number of hydrogen-bond acceptors (Lipinski definition) is 7. The van der Waals surface area contributed by atoms with Crippen LogP contribution >= 0.6 is 0 Å². The number of nitro groups is 1. The van der Waals surface area contributed by atoms with Gasteiger partial charge >= 0.3 is 12.1 Å². The van der Waals surface area contributed by atoms with Gasteiger partial charge in [-0.05, 0) is 26.8 Å². The second kappa shape index (κ2) is 7.83. The predicted molar refractivity (Wildman–Crippen MR) is 98.2 cm³/mol. The molecule has 1 heterocycles. The number of rotatable bonds is 6. The number of anilines is 1. The molecule has 0 radical (unpaired) electrons. The summed E-state index contributed by atoms with van der Waals surface area (Å²) in [6.45, 7) is 4.89. The van der Waals surface area contributed by atoms with Crippen LogP contribution < -0.4 is 10.6 Å². The van der Waals surface area contributed by atoms with Crippen LogP contribution in [0.4, 0.5) is 10.5 Å². The summed E-state index contributed by atoms with van der Waals surface area (Å²) in [5.74, 6) is -1.43. The highest BCUT2D eigenvalue weighted by Gasteiger charge is 2.60. The van der Waals surface area contributed by atoms with E-state index in [1.807, 2.05) is 0 Å². The number of nitrogens with zero attached hydrogens (tertiary/aromatic N) is 1. The molecule has 1 aromatic rings. The maximum atomic E-state index is 12.9. The van der Waals surface area contributed by atoms with Crippen LogP contribution in [0.15, 0.2) is 24.3 Å². The van der Waals surface area contributed by atoms with Crippen molar-refractivity contribution in [3.8, 4) is 0 Å². The fourth-order valence-corrected chi connectivity index (χ4v) is 3.12. The molecule has 152 valence electrons. The molecule has 1 aliphatic heterocycles. The number of methoxy groups -OCH3 is 1. The molecule has 1 aromatic carbocycles. The highest BCUT2D eigenvalue weighted by molar-refractivity contribution is 6.07. The van der Waals surface area contributed by atoms with E-state index in [1.165, 1.54) is 6.07 Å². The van der Waals surface area contributed by atoms with Gasteiger partial charge in [-0.1, -0.05) is 18.2 Å². The molecule has 0 spiro atoms. The van der Waals surface area contributed by atoms with Gasteiger partial charge < -0.3 is 14.8 Å². The van der Waals surface area contributed by atoms with Crippen LogP contribution in [0, 0.1) is 10.1 Å². The first-order valence-corrected chi connectivity index (χ1v) is 8.63. The molecule has 1 aliphatic rings. The normalized spacial score (nSPS) is 19.2. The maximum absolute atomic E-state index is 12.9. The zero-order chi connectivity index (χ0) is 21.1. The lowest BCUT2D eigenvalue weighted by Gasteiger charge is -2.32. The number of esters is 1. The van der Waals surface area contributed by atoms with Gasteiger partial charge in [0.15, 0.2) is 0 Å². The minimum absolute atomic E-state index is 0.234. The van der Waals surface area contributed by atoms with E-state index < -0.39 is 40.1 Å². The molecule has 10 heteroatoms. The van der Waals surface area contributed by atoms with E-state index >= 15 is 0 Å². The number of benzene rings is 1. The fourth-order valence-electron chi connectivity index (χ4n) is 3.12. The Morgan fingerprint density at radius 3 is 2.54 bits per heavy atom. The zero-order valence-electron chi connectivity index (χ0n) is 16.1. The summed E-state index contributed by atoms with van der Waals surface area (Å²) in [4.78, 5) is 48.1. The standard InChI is InChI=1S/C18H23N3O7/c1-17(2,3)28-16(24)20-18(13(21(25)26)9-10-14(22)27-4)11-7-5-6-8-12(11)19-15(18)23/h5-8,13H,9-10H2,1-4H3,(H,19,23)(H,20,24)/t13?,18-/m0/s1. The molecule has 0 fully saturated rings. The van der Waals surface area contributed by atoms with E-state index in [9.17, 15) is 24.5 Å². The van der Waals surface area contributed by atoms with Gasteiger partial charge in [0.25, 0.3) is 5.91 Å². The third kappa shape index (κ3) is 4.21. The second-order valence-electron chi connectivity index (χ2n) is 7.35. The molecular weight excluding hydrogens is 370 g/mol. The minimum Gasteiger partial charge on any atom is -0.469 e. The van der Waals surface area contributed by atoms with Crippen molar-refractivity contribution >= 4 is 23.7 Å². The molecule has 2 amide bonds. The molecule has 2 rings (SSSR count). The van der Waals surface area contributed by atoms with Crippen molar-refractivity contribution in [2.24, 2.45) is 0 Å². The molecule has 0 aromatic heterocycles. The summed E-state index contributed by atoms with van der Waals surface area (Å²) < 4.78 is 9.77. The van der Waals surface area contributed by atoms with Crippen molar-refractivity contribution < 1.29 is 28.8 Å². The Balaban J connectivity index is 2.52. The molecule has 28 heavy (non-hydrogen) atoms. The highest BCUT2D eigenvalue weighted by Crippen LogP contribution is 2.41. The lowest BCUT2D eigenvalue weighted by Crippen LogP contribution is -2.61. The Bertz CT molecular complexity index is 803. The van der Waals surface area contributed by atoms with Crippen molar-refractivity contribution in [2.75, 3.05) is 12.4 Å². The number of carbonyl (C=O) groups excluding carboxylic acids is 3. The van der Waals surface area contributed by atoms with Crippen molar-refractivity contribution in [3.05, 3.63) is 39.9 Å². The number of nitrogens with one attached hydrogen (secondary N) is 2. The van der Waals surface area contributed by atoms with Gasteiger partial charge in [0, 0.05) is 22.6 Å². The molecular formula is C18H23N3O7. The first-order valence-electron chi connectivity index (χ1n) is 8.63. The Hall–Kier alpha value is -3.17. The SMILES string of the molecule is COC(=O)CCC([N+](=O)[O-])[C@]1(NC(=O)OC(C)(C)C)C(=O)Nc2ccccc21. The van der Waals surface area contributed by atoms with E-state index in [0.717, 1.165) is 7.11 Å². The number of hydrogen-bond donors (Lipinski definition) is 2. The molecule has 2 atom stereocenters.